The fourth-order valence-corrected chi connectivity index (χ4v) is 6.12. The van der Waals surface area contributed by atoms with Gasteiger partial charge in [0, 0.05) is 38.6 Å². The molecular weight excluding hydrogens is 496 g/mol. The number of carbonyl (C=O) groups is 4. The fraction of sp³-hybridized carbons (Fsp3) is 0.600. The van der Waals surface area contributed by atoms with E-state index < -0.39 is 12.1 Å². The number of benzene rings is 1. The van der Waals surface area contributed by atoms with Crippen LogP contribution in [0.4, 0.5) is 0 Å². The van der Waals surface area contributed by atoms with E-state index in [0.717, 1.165) is 51.0 Å². The van der Waals surface area contributed by atoms with Crippen molar-refractivity contribution in [2.24, 2.45) is 11.8 Å². The molecule has 0 radical (unpaired) electrons. The second-order valence-corrected chi connectivity index (χ2v) is 11.3. The first-order chi connectivity index (χ1) is 18.7. The second kappa shape index (κ2) is 14.8. The zero-order valence-corrected chi connectivity index (χ0v) is 23.5. The monoisotopic (exact) mass is 540 g/mol. The van der Waals surface area contributed by atoms with Crippen molar-refractivity contribution in [3.8, 4) is 0 Å². The lowest BCUT2D eigenvalue weighted by molar-refractivity contribution is -0.145. The molecule has 3 N–H and O–H groups in total. The Balaban J connectivity index is 0.00000134. The van der Waals surface area contributed by atoms with Gasteiger partial charge in [-0.05, 0) is 70.3 Å². The lowest BCUT2D eigenvalue weighted by Crippen LogP contribution is -2.62. The molecule has 2 bridgehead atoms. The SMILES string of the molecule is CC(C)=CCN1C[C@@H]2C[C@H](C1)[C@@H]1CCCC(=O)NC(CCc3ccccc3)C(=O)N[C@H](C)C(=O)N1C2.O=CO. The first-order valence-electron chi connectivity index (χ1n) is 14.1. The lowest BCUT2D eigenvalue weighted by Gasteiger charge is -2.51. The fourth-order valence-electron chi connectivity index (χ4n) is 6.12. The van der Waals surface area contributed by atoms with Gasteiger partial charge in [-0.25, -0.2) is 0 Å². The third kappa shape index (κ3) is 8.92. The molecule has 4 rings (SSSR count). The minimum Gasteiger partial charge on any atom is -0.483 e. The summed E-state index contributed by atoms with van der Waals surface area (Å²) < 4.78 is 0. The molecule has 3 amide bonds. The number of rotatable bonds is 5. The molecule has 1 unspecified atom stereocenters. The van der Waals surface area contributed by atoms with E-state index in [2.05, 4.69) is 35.5 Å². The Labute approximate surface area is 232 Å². The molecule has 214 valence electrons. The summed E-state index contributed by atoms with van der Waals surface area (Å²) in [5.74, 6) is 0.500. The largest absolute Gasteiger partial charge is 0.483 e. The third-order valence-corrected chi connectivity index (χ3v) is 7.93. The van der Waals surface area contributed by atoms with Crippen LogP contribution in [0.5, 0.6) is 0 Å². The zero-order valence-electron chi connectivity index (χ0n) is 23.5. The molecule has 9 nitrogen and oxygen atoms in total. The normalized spacial score (nSPS) is 27.8. The number of fused-ring (bicyclic) bond motifs is 4. The second-order valence-electron chi connectivity index (χ2n) is 11.3. The quantitative estimate of drug-likeness (QED) is 0.390. The number of hydrogen-bond acceptors (Lipinski definition) is 5. The molecule has 3 heterocycles. The van der Waals surface area contributed by atoms with Crippen LogP contribution in [0.25, 0.3) is 0 Å². The van der Waals surface area contributed by atoms with Crippen LogP contribution in [-0.4, -0.2) is 83.4 Å². The highest BCUT2D eigenvalue weighted by Crippen LogP contribution is 2.36. The molecule has 9 heteroatoms. The van der Waals surface area contributed by atoms with E-state index in [9.17, 15) is 14.4 Å². The Morgan fingerprint density at radius 2 is 1.79 bits per heavy atom. The van der Waals surface area contributed by atoms with Gasteiger partial charge in [0.25, 0.3) is 6.47 Å². The number of nitrogens with zero attached hydrogens (tertiary/aromatic N) is 2. The Kier molecular flexibility index (Phi) is 11.5. The minimum absolute atomic E-state index is 0.00880. The maximum absolute atomic E-state index is 13.6. The van der Waals surface area contributed by atoms with Gasteiger partial charge in [0.15, 0.2) is 0 Å². The summed E-state index contributed by atoms with van der Waals surface area (Å²) in [7, 11) is 0. The van der Waals surface area contributed by atoms with Crippen molar-refractivity contribution in [3.05, 3.63) is 47.5 Å². The van der Waals surface area contributed by atoms with Crippen LogP contribution in [0.1, 0.15) is 58.4 Å². The maximum atomic E-state index is 13.6. The molecule has 0 aliphatic carbocycles. The molecule has 0 saturated carbocycles. The summed E-state index contributed by atoms with van der Waals surface area (Å²) in [4.78, 5) is 52.5. The Morgan fingerprint density at radius 3 is 2.49 bits per heavy atom. The highest BCUT2D eigenvalue weighted by Gasteiger charge is 2.43. The number of carbonyl (C=O) groups excluding carboxylic acids is 3. The number of carboxylic acid groups (broad SMARTS) is 1. The average molecular weight is 541 g/mol. The minimum atomic E-state index is -0.646. The summed E-state index contributed by atoms with van der Waals surface area (Å²) >= 11 is 0. The van der Waals surface area contributed by atoms with Crippen LogP contribution >= 0.6 is 0 Å². The van der Waals surface area contributed by atoms with Crippen molar-refractivity contribution in [2.75, 3.05) is 26.2 Å². The van der Waals surface area contributed by atoms with E-state index in [-0.39, 0.29) is 30.2 Å². The summed E-state index contributed by atoms with van der Waals surface area (Å²) in [6.07, 6.45) is 6.51. The number of aryl methyl sites for hydroxylation is 1. The summed E-state index contributed by atoms with van der Waals surface area (Å²) in [6.45, 7) is 9.45. The number of likely N-dealkylation sites (tertiary alicyclic amines) is 1. The Bertz CT molecular complexity index is 1010. The van der Waals surface area contributed by atoms with Crippen LogP contribution in [-0.2, 0) is 25.6 Å². The van der Waals surface area contributed by atoms with E-state index in [4.69, 9.17) is 9.90 Å². The van der Waals surface area contributed by atoms with E-state index in [0.29, 0.717) is 31.1 Å². The van der Waals surface area contributed by atoms with Gasteiger partial charge in [-0.15, -0.1) is 0 Å². The molecular formula is C30H44N4O5. The van der Waals surface area contributed by atoms with E-state index in [1.165, 1.54) is 5.57 Å². The van der Waals surface area contributed by atoms with Crippen molar-refractivity contribution in [3.63, 3.8) is 0 Å². The molecule has 3 saturated heterocycles. The van der Waals surface area contributed by atoms with Gasteiger partial charge in [-0.3, -0.25) is 24.1 Å². The first kappa shape index (κ1) is 30.3. The molecule has 3 aliphatic rings. The summed E-state index contributed by atoms with van der Waals surface area (Å²) in [6, 6.07) is 8.81. The number of amides is 3. The molecule has 1 aromatic rings. The number of piperidine rings is 2. The van der Waals surface area contributed by atoms with Gasteiger partial charge in [0.2, 0.25) is 17.7 Å². The summed E-state index contributed by atoms with van der Waals surface area (Å²) in [5, 5.41) is 12.8. The first-order valence-corrected chi connectivity index (χ1v) is 14.1. The van der Waals surface area contributed by atoms with Crippen LogP contribution in [0.15, 0.2) is 42.0 Å². The molecule has 39 heavy (non-hydrogen) atoms. The van der Waals surface area contributed by atoms with Gasteiger partial charge in [-0.1, -0.05) is 42.0 Å². The predicted molar refractivity (Wildman–Crippen MR) is 150 cm³/mol. The van der Waals surface area contributed by atoms with Crippen molar-refractivity contribution in [2.45, 2.75) is 77.4 Å². The highest BCUT2D eigenvalue weighted by atomic mass is 16.3. The predicted octanol–water partition coefficient (Wildman–Crippen LogP) is 2.61. The van der Waals surface area contributed by atoms with Crippen molar-refractivity contribution in [1.29, 1.82) is 0 Å². The third-order valence-electron chi connectivity index (χ3n) is 7.93. The van der Waals surface area contributed by atoms with Gasteiger partial charge in [-0.2, -0.15) is 0 Å². The number of nitrogens with one attached hydrogen (secondary N) is 2. The maximum Gasteiger partial charge on any atom is 0.290 e. The molecule has 0 aromatic heterocycles. The van der Waals surface area contributed by atoms with Gasteiger partial charge < -0.3 is 20.6 Å². The van der Waals surface area contributed by atoms with Crippen LogP contribution in [0, 0.1) is 11.8 Å². The smallest absolute Gasteiger partial charge is 0.290 e. The van der Waals surface area contributed by atoms with Crippen LogP contribution in [0.2, 0.25) is 0 Å². The zero-order chi connectivity index (χ0) is 28.4. The molecule has 3 aliphatic heterocycles. The number of allylic oxidation sites excluding steroid dienone is 1. The number of hydrogen-bond donors (Lipinski definition) is 3. The van der Waals surface area contributed by atoms with E-state index in [1.807, 2.05) is 35.2 Å². The van der Waals surface area contributed by atoms with Gasteiger partial charge in [0.05, 0.1) is 0 Å². The lowest BCUT2D eigenvalue weighted by atomic mass is 9.77. The average Bonchev–Trinajstić information content (AvgIpc) is 2.90. The molecule has 3 fully saturated rings. The standard InChI is InChI=1S/C29H42N4O3.CH2O2/c1-20(2)14-15-32-17-23-16-24(19-32)26-10-7-11-27(34)31-25(13-12-22-8-5-4-6-9-22)28(35)30-21(3)29(36)33(26)18-23;2-1-3/h4-6,8-9,14,21,23-26H,7,10-13,15-19H2,1-3H3,(H,30,35)(H,31,34);1H,(H,2,3)/t21-,23+,24-,25?,26+;/m1./s1. The molecule has 0 spiro atoms. The topological polar surface area (TPSA) is 119 Å². The molecule has 5 atom stereocenters. The van der Waals surface area contributed by atoms with Crippen molar-refractivity contribution >= 4 is 24.2 Å². The van der Waals surface area contributed by atoms with Crippen molar-refractivity contribution in [1.82, 2.24) is 20.4 Å². The Hall–Kier alpha value is -3.20. The van der Waals surface area contributed by atoms with Gasteiger partial charge >= 0.3 is 0 Å². The van der Waals surface area contributed by atoms with Crippen molar-refractivity contribution < 1.29 is 24.3 Å². The van der Waals surface area contributed by atoms with Crippen LogP contribution < -0.4 is 10.6 Å². The molecule has 1 aromatic carbocycles. The van der Waals surface area contributed by atoms with E-state index in [1.54, 1.807) is 6.92 Å². The summed E-state index contributed by atoms with van der Waals surface area (Å²) in [5.41, 5.74) is 2.45. The highest BCUT2D eigenvalue weighted by molar-refractivity contribution is 5.92. The van der Waals surface area contributed by atoms with Gasteiger partial charge in [0.1, 0.15) is 12.1 Å². The Morgan fingerprint density at radius 1 is 1.08 bits per heavy atom. The van der Waals surface area contributed by atoms with Crippen LogP contribution in [0.3, 0.4) is 0 Å². The van der Waals surface area contributed by atoms with E-state index >= 15 is 0 Å².